The Bertz CT molecular complexity index is 737. The Labute approximate surface area is 128 Å². The van der Waals surface area contributed by atoms with Crippen molar-refractivity contribution in [2.45, 2.75) is 39.2 Å². The van der Waals surface area contributed by atoms with Gasteiger partial charge in [-0.25, -0.2) is 9.50 Å². The van der Waals surface area contributed by atoms with Crippen LogP contribution in [-0.2, 0) is 5.41 Å². The smallest absolute Gasteiger partial charge is 0.152 e. The molecule has 21 heavy (non-hydrogen) atoms. The van der Waals surface area contributed by atoms with E-state index in [1.54, 1.807) is 17.5 Å². The van der Waals surface area contributed by atoms with Crippen LogP contribution in [-0.4, -0.2) is 14.6 Å². The standard InChI is InChI=1S/C16H20N4S/c1-11(13-6-5-9-21-13)18-15-12-10-14(16(2,3)4)19-20(12)8-7-17-15/h5-11H,1-4H3,(H,17,18). The fourth-order valence-corrected chi connectivity index (χ4v) is 2.95. The number of thiophene rings is 1. The second kappa shape index (κ2) is 5.15. The molecule has 0 aliphatic heterocycles. The van der Waals surface area contributed by atoms with Gasteiger partial charge in [0.05, 0.1) is 11.7 Å². The van der Waals surface area contributed by atoms with Gasteiger partial charge < -0.3 is 5.32 Å². The van der Waals surface area contributed by atoms with Crippen LogP contribution < -0.4 is 5.32 Å². The molecule has 1 unspecified atom stereocenters. The second-order valence-electron chi connectivity index (χ2n) is 6.27. The third kappa shape index (κ3) is 2.78. The van der Waals surface area contributed by atoms with Crippen molar-refractivity contribution in [2.24, 2.45) is 0 Å². The molecular formula is C16H20N4S. The van der Waals surface area contributed by atoms with Crippen LogP contribution in [0.5, 0.6) is 0 Å². The van der Waals surface area contributed by atoms with Gasteiger partial charge in [-0.1, -0.05) is 26.8 Å². The summed E-state index contributed by atoms with van der Waals surface area (Å²) in [5.41, 5.74) is 2.12. The van der Waals surface area contributed by atoms with Crippen molar-refractivity contribution in [3.63, 3.8) is 0 Å². The Balaban J connectivity index is 1.97. The molecule has 5 heteroatoms. The molecule has 1 N–H and O–H groups in total. The van der Waals surface area contributed by atoms with E-state index in [2.05, 4.69) is 66.7 Å². The number of hydrogen-bond donors (Lipinski definition) is 1. The SMILES string of the molecule is CC(Nc1nccn2nc(C(C)(C)C)cc12)c1cccs1. The molecule has 0 radical (unpaired) electrons. The molecule has 4 nitrogen and oxygen atoms in total. The molecule has 0 saturated carbocycles. The monoisotopic (exact) mass is 300 g/mol. The van der Waals surface area contributed by atoms with Gasteiger partial charge in [-0.05, 0) is 24.4 Å². The third-order valence-electron chi connectivity index (χ3n) is 3.48. The van der Waals surface area contributed by atoms with Crippen molar-refractivity contribution in [3.8, 4) is 0 Å². The maximum atomic E-state index is 4.65. The van der Waals surface area contributed by atoms with E-state index in [1.165, 1.54) is 4.88 Å². The van der Waals surface area contributed by atoms with Crippen LogP contribution in [0.4, 0.5) is 5.82 Å². The predicted molar refractivity (Wildman–Crippen MR) is 88.0 cm³/mol. The highest BCUT2D eigenvalue weighted by Gasteiger charge is 2.19. The van der Waals surface area contributed by atoms with Gasteiger partial charge in [-0.2, -0.15) is 5.10 Å². The molecule has 0 aliphatic rings. The van der Waals surface area contributed by atoms with Crippen molar-refractivity contribution >= 4 is 22.7 Å². The number of hydrogen-bond acceptors (Lipinski definition) is 4. The minimum atomic E-state index is 0.0304. The normalized spacial score (nSPS) is 13.5. The van der Waals surface area contributed by atoms with Crippen molar-refractivity contribution in [1.29, 1.82) is 0 Å². The summed E-state index contributed by atoms with van der Waals surface area (Å²) in [7, 11) is 0. The Morgan fingerprint density at radius 2 is 2.14 bits per heavy atom. The average molecular weight is 300 g/mol. The maximum Gasteiger partial charge on any atom is 0.152 e. The topological polar surface area (TPSA) is 42.2 Å². The van der Waals surface area contributed by atoms with Gasteiger partial charge in [-0.15, -0.1) is 11.3 Å². The summed E-state index contributed by atoms with van der Waals surface area (Å²) in [5.74, 6) is 0.876. The summed E-state index contributed by atoms with van der Waals surface area (Å²) in [4.78, 5) is 5.79. The molecule has 3 rings (SSSR count). The van der Waals surface area contributed by atoms with Crippen LogP contribution in [0.1, 0.15) is 44.3 Å². The largest absolute Gasteiger partial charge is 0.361 e. The van der Waals surface area contributed by atoms with Crippen LogP contribution in [0.2, 0.25) is 0 Å². The number of aromatic nitrogens is 3. The highest BCUT2D eigenvalue weighted by molar-refractivity contribution is 7.10. The summed E-state index contributed by atoms with van der Waals surface area (Å²) in [6.45, 7) is 8.66. The molecule has 3 heterocycles. The Hall–Kier alpha value is -1.88. The zero-order valence-corrected chi connectivity index (χ0v) is 13.6. The summed E-state index contributed by atoms with van der Waals surface area (Å²) in [6, 6.07) is 6.57. The Morgan fingerprint density at radius 1 is 1.33 bits per heavy atom. The molecule has 0 aliphatic carbocycles. The lowest BCUT2D eigenvalue weighted by atomic mass is 9.92. The molecule has 0 fully saturated rings. The first kappa shape index (κ1) is 14.1. The predicted octanol–water partition coefficient (Wildman–Crippen LogP) is 4.26. The van der Waals surface area contributed by atoms with E-state index in [4.69, 9.17) is 0 Å². The van der Waals surface area contributed by atoms with E-state index in [-0.39, 0.29) is 11.5 Å². The molecule has 0 saturated heterocycles. The zero-order valence-electron chi connectivity index (χ0n) is 12.8. The Morgan fingerprint density at radius 3 is 2.81 bits per heavy atom. The van der Waals surface area contributed by atoms with E-state index in [9.17, 15) is 0 Å². The fourth-order valence-electron chi connectivity index (χ4n) is 2.21. The first-order valence-corrected chi connectivity index (χ1v) is 7.98. The van der Waals surface area contributed by atoms with E-state index in [0.717, 1.165) is 17.0 Å². The van der Waals surface area contributed by atoms with Gasteiger partial charge in [0.15, 0.2) is 5.82 Å². The lowest BCUT2D eigenvalue weighted by molar-refractivity contribution is 0.562. The van der Waals surface area contributed by atoms with E-state index >= 15 is 0 Å². The quantitative estimate of drug-likeness (QED) is 0.786. The summed E-state index contributed by atoms with van der Waals surface area (Å²) in [6.07, 6.45) is 3.68. The first-order valence-electron chi connectivity index (χ1n) is 7.10. The summed E-state index contributed by atoms with van der Waals surface area (Å²) in [5, 5.41) is 10.2. The van der Waals surface area contributed by atoms with Gasteiger partial charge in [0, 0.05) is 22.7 Å². The number of anilines is 1. The summed E-state index contributed by atoms with van der Waals surface area (Å²) >= 11 is 1.75. The minimum absolute atomic E-state index is 0.0304. The number of nitrogens with one attached hydrogen (secondary N) is 1. The molecule has 1 atom stereocenters. The zero-order chi connectivity index (χ0) is 15.0. The van der Waals surface area contributed by atoms with Gasteiger partial charge in [0.25, 0.3) is 0 Å². The highest BCUT2D eigenvalue weighted by atomic mass is 32.1. The van der Waals surface area contributed by atoms with E-state index in [1.807, 2.05) is 10.7 Å². The minimum Gasteiger partial charge on any atom is -0.361 e. The van der Waals surface area contributed by atoms with Gasteiger partial charge in [0.1, 0.15) is 5.52 Å². The van der Waals surface area contributed by atoms with E-state index < -0.39 is 0 Å². The van der Waals surface area contributed by atoms with Crippen molar-refractivity contribution < 1.29 is 0 Å². The molecule has 110 valence electrons. The second-order valence-corrected chi connectivity index (χ2v) is 7.25. The molecule has 0 aromatic carbocycles. The number of rotatable bonds is 3. The van der Waals surface area contributed by atoms with Crippen LogP contribution in [0.15, 0.2) is 36.0 Å². The van der Waals surface area contributed by atoms with Crippen LogP contribution >= 0.6 is 11.3 Å². The molecule has 0 amide bonds. The van der Waals surface area contributed by atoms with Crippen molar-refractivity contribution in [2.75, 3.05) is 5.32 Å². The Kier molecular flexibility index (Phi) is 3.45. The number of nitrogens with zero attached hydrogens (tertiary/aromatic N) is 3. The van der Waals surface area contributed by atoms with E-state index in [0.29, 0.717) is 0 Å². The van der Waals surface area contributed by atoms with Gasteiger partial charge in [0.2, 0.25) is 0 Å². The molecule has 3 aromatic heterocycles. The van der Waals surface area contributed by atoms with Gasteiger partial charge in [-0.3, -0.25) is 0 Å². The molecule has 0 spiro atoms. The molecule has 3 aromatic rings. The van der Waals surface area contributed by atoms with Crippen LogP contribution in [0, 0.1) is 0 Å². The molecule has 0 bridgehead atoms. The first-order chi connectivity index (χ1) is 9.95. The van der Waals surface area contributed by atoms with Gasteiger partial charge >= 0.3 is 0 Å². The average Bonchev–Trinajstić information content (AvgIpc) is 3.07. The van der Waals surface area contributed by atoms with Crippen molar-refractivity contribution in [3.05, 3.63) is 46.5 Å². The lowest BCUT2D eigenvalue weighted by Gasteiger charge is -2.13. The van der Waals surface area contributed by atoms with Crippen molar-refractivity contribution in [1.82, 2.24) is 14.6 Å². The lowest BCUT2D eigenvalue weighted by Crippen LogP contribution is -2.11. The summed E-state index contributed by atoms with van der Waals surface area (Å²) < 4.78 is 1.90. The third-order valence-corrected chi connectivity index (χ3v) is 4.54. The van der Waals surface area contributed by atoms with Crippen LogP contribution in [0.3, 0.4) is 0 Å². The maximum absolute atomic E-state index is 4.65. The fraction of sp³-hybridized carbons (Fsp3) is 0.375. The highest BCUT2D eigenvalue weighted by Crippen LogP contribution is 2.27. The van der Waals surface area contributed by atoms with Crippen LogP contribution in [0.25, 0.3) is 5.52 Å². The molecular weight excluding hydrogens is 280 g/mol. The number of fused-ring (bicyclic) bond motifs is 1.